The molecular weight excluding hydrogens is 272 g/mol. The van der Waals surface area contributed by atoms with Gasteiger partial charge in [0.25, 0.3) is 0 Å². The predicted molar refractivity (Wildman–Crippen MR) is 71.1 cm³/mol. The summed E-state index contributed by atoms with van der Waals surface area (Å²) in [6.45, 7) is 3.40. The van der Waals surface area contributed by atoms with E-state index in [4.69, 9.17) is 0 Å². The normalized spacial score (nSPS) is 12.2. The van der Waals surface area contributed by atoms with E-state index in [1.54, 1.807) is 13.8 Å². The molecule has 0 spiro atoms. The number of carboxylic acids is 1. The van der Waals surface area contributed by atoms with Crippen molar-refractivity contribution in [3.63, 3.8) is 0 Å². The zero-order valence-electron chi connectivity index (χ0n) is 11.5. The summed E-state index contributed by atoms with van der Waals surface area (Å²) in [5.74, 6) is -1.68. The van der Waals surface area contributed by atoms with Crippen LogP contribution >= 0.6 is 0 Å². The molecule has 19 heavy (non-hydrogen) atoms. The number of rotatable bonds is 9. The van der Waals surface area contributed by atoms with Crippen LogP contribution in [0.5, 0.6) is 0 Å². The average molecular weight is 294 g/mol. The fourth-order valence-corrected chi connectivity index (χ4v) is 2.25. The molecule has 0 rings (SSSR count). The van der Waals surface area contributed by atoms with E-state index in [1.807, 2.05) is 0 Å². The van der Waals surface area contributed by atoms with Crippen molar-refractivity contribution in [3.8, 4) is 0 Å². The summed E-state index contributed by atoms with van der Waals surface area (Å²) in [4.78, 5) is 22.9. The molecule has 0 heterocycles. The third-order valence-corrected chi connectivity index (χ3v) is 4.67. The largest absolute Gasteiger partial charge is 0.481 e. The van der Waals surface area contributed by atoms with Crippen LogP contribution in [0.1, 0.15) is 33.1 Å². The minimum Gasteiger partial charge on any atom is -0.481 e. The third kappa shape index (κ3) is 5.56. The van der Waals surface area contributed by atoms with E-state index in [1.165, 1.54) is 7.05 Å². The Balaban J connectivity index is 4.42. The number of sulfonamides is 1. The molecule has 0 aliphatic heterocycles. The van der Waals surface area contributed by atoms with Gasteiger partial charge in [-0.05, 0) is 19.9 Å². The van der Waals surface area contributed by atoms with Gasteiger partial charge in [-0.15, -0.1) is 0 Å². The molecule has 3 N–H and O–H groups in total. The lowest BCUT2D eigenvalue weighted by molar-refractivity contribution is -0.152. The first-order valence-corrected chi connectivity index (χ1v) is 7.79. The van der Waals surface area contributed by atoms with Crippen LogP contribution in [0.25, 0.3) is 0 Å². The van der Waals surface area contributed by atoms with Gasteiger partial charge in [-0.3, -0.25) is 9.59 Å². The molecule has 0 bridgehead atoms. The van der Waals surface area contributed by atoms with E-state index in [2.05, 4.69) is 10.0 Å². The van der Waals surface area contributed by atoms with Crippen LogP contribution in [0.3, 0.4) is 0 Å². The zero-order chi connectivity index (χ0) is 15.1. The Hall–Kier alpha value is -1.15. The highest BCUT2D eigenvalue weighted by atomic mass is 32.2. The molecule has 112 valence electrons. The fraction of sp³-hybridized carbons (Fsp3) is 0.818. The van der Waals surface area contributed by atoms with Crippen molar-refractivity contribution in [2.75, 3.05) is 19.3 Å². The molecular formula is C11H22N2O5S. The van der Waals surface area contributed by atoms with Crippen LogP contribution in [0.4, 0.5) is 0 Å². The Labute approximate surface area is 113 Å². The lowest BCUT2D eigenvalue weighted by Gasteiger charge is -2.25. The van der Waals surface area contributed by atoms with Crippen molar-refractivity contribution < 1.29 is 23.1 Å². The molecule has 0 unspecified atom stereocenters. The molecule has 0 saturated heterocycles. The predicted octanol–water partition coefficient (Wildman–Crippen LogP) is -0.0671. The van der Waals surface area contributed by atoms with Gasteiger partial charge in [0.05, 0.1) is 11.2 Å². The molecule has 0 fully saturated rings. The number of aliphatic carboxylic acids is 1. The van der Waals surface area contributed by atoms with Gasteiger partial charge in [0.15, 0.2) is 0 Å². The molecule has 0 atom stereocenters. The first-order chi connectivity index (χ1) is 8.73. The standard InChI is InChI=1S/C11H22N2O5S/c1-4-11(5-2,10(15)16)8-9(14)13-6-7-19(17,18)12-3/h12H,4-8H2,1-3H3,(H,13,14)(H,15,16). The number of hydrogen-bond acceptors (Lipinski definition) is 4. The molecule has 7 nitrogen and oxygen atoms in total. The number of hydrogen-bond donors (Lipinski definition) is 3. The Morgan fingerprint density at radius 3 is 2.11 bits per heavy atom. The molecule has 0 aromatic rings. The maximum atomic E-state index is 11.7. The van der Waals surface area contributed by atoms with Gasteiger partial charge in [0.1, 0.15) is 0 Å². The first kappa shape index (κ1) is 17.8. The van der Waals surface area contributed by atoms with Gasteiger partial charge in [-0.2, -0.15) is 0 Å². The highest BCUT2D eigenvalue weighted by Gasteiger charge is 2.37. The Bertz CT molecular complexity index is 415. The molecule has 0 aliphatic carbocycles. The zero-order valence-corrected chi connectivity index (χ0v) is 12.3. The summed E-state index contributed by atoms with van der Waals surface area (Å²) in [5, 5.41) is 11.6. The van der Waals surface area contributed by atoms with Crippen LogP contribution < -0.4 is 10.0 Å². The Morgan fingerprint density at radius 2 is 1.74 bits per heavy atom. The minimum atomic E-state index is -3.37. The van der Waals surface area contributed by atoms with Gasteiger partial charge in [-0.1, -0.05) is 13.8 Å². The van der Waals surface area contributed by atoms with Crippen LogP contribution in [0.15, 0.2) is 0 Å². The van der Waals surface area contributed by atoms with E-state index in [-0.39, 0.29) is 18.7 Å². The maximum absolute atomic E-state index is 11.7. The number of amides is 1. The summed E-state index contributed by atoms with van der Waals surface area (Å²) >= 11 is 0. The lowest BCUT2D eigenvalue weighted by Crippen LogP contribution is -2.39. The third-order valence-electron chi connectivity index (χ3n) is 3.31. The first-order valence-electron chi connectivity index (χ1n) is 6.14. The summed E-state index contributed by atoms with van der Waals surface area (Å²) < 4.78 is 24.4. The van der Waals surface area contributed by atoms with E-state index >= 15 is 0 Å². The van der Waals surface area contributed by atoms with E-state index < -0.39 is 27.3 Å². The smallest absolute Gasteiger partial charge is 0.310 e. The highest BCUT2D eigenvalue weighted by Crippen LogP contribution is 2.30. The van der Waals surface area contributed by atoms with Gasteiger partial charge in [-0.25, -0.2) is 13.1 Å². The van der Waals surface area contributed by atoms with Gasteiger partial charge >= 0.3 is 5.97 Å². The molecule has 0 radical (unpaired) electrons. The van der Waals surface area contributed by atoms with Gasteiger partial charge in [0, 0.05) is 13.0 Å². The quantitative estimate of drug-likeness (QED) is 0.551. The van der Waals surface area contributed by atoms with E-state index in [0.717, 1.165) is 0 Å². The van der Waals surface area contributed by atoms with Crippen molar-refractivity contribution >= 4 is 21.9 Å². The second kappa shape index (κ2) is 7.44. The van der Waals surface area contributed by atoms with Crippen molar-refractivity contribution in [1.29, 1.82) is 0 Å². The SMILES string of the molecule is CCC(CC)(CC(=O)NCCS(=O)(=O)NC)C(=O)O. The number of carbonyl (C=O) groups is 2. The van der Waals surface area contributed by atoms with Crippen LogP contribution in [0, 0.1) is 5.41 Å². The maximum Gasteiger partial charge on any atom is 0.310 e. The van der Waals surface area contributed by atoms with Gasteiger partial charge < -0.3 is 10.4 Å². The van der Waals surface area contributed by atoms with Crippen molar-refractivity contribution in [1.82, 2.24) is 10.0 Å². The highest BCUT2D eigenvalue weighted by molar-refractivity contribution is 7.89. The fourth-order valence-electron chi connectivity index (χ4n) is 1.67. The molecule has 0 aromatic heterocycles. The van der Waals surface area contributed by atoms with Crippen LogP contribution in [0.2, 0.25) is 0 Å². The number of nitrogens with one attached hydrogen (secondary N) is 2. The van der Waals surface area contributed by atoms with Gasteiger partial charge in [0.2, 0.25) is 15.9 Å². The van der Waals surface area contributed by atoms with E-state index in [9.17, 15) is 23.1 Å². The molecule has 1 amide bonds. The van der Waals surface area contributed by atoms with Crippen molar-refractivity contribution in [3.05, 3.63) is 0 Å². The monoisotopic (exact) mass is 294 g/mol. The summed E-state index contributed by atoms with van der Waals surface area (Å²) in [6, 6.07) is 0. The number of carboxylic acid groups (broad SMARTS) is 1. The Kier molecular flexibility index (Phi) is 6.99. The second-order valence-electron chi connectivity index (χ2n) is 4.34. The molecule has 0 aliphatic rings. The molecule has 0 saturated carbocycles. The van der Waals surface area contributed by atoms with Crippen molar-refractivity contribution in [2.45, 2.75) is 33.1 Å². The number of carbonyl (C=O) groups excluding carboxylic acids is 1. The summed E-state index contributed by atoms with van der Waals surface area (Å²) in [7, 11) is -2.07. The summed E-state index contributed by atoms with van der Waals surface area (Å²) in [6.07, 6.45) is 0.553. The van der Waals surface area contributed by atoms with Crippen LogP contribution in [-0.2, 0) is 19.6 Å². The lowest BCUT2D eigenvalue weighted by atomic mass is 9.79. The second-order valence-corrected chi connectivity index (χ2v) is 6.39. The summed E-state index contributed by atoms with van der Waals surface area (Å²) in [5.41, 5.74) is -1.08. The van der Waals surface area contributed by atoms with Crippen LogP contribution in [-0.4, -0.2) is 44.7 Å². The van der Waals surface area contributed by atoms with E-state index in [0.29, 0.717) is 12.8 Å². The minimum absolute atomic E-state index is 0.0366. The van der Waals surface area contributed by atoms with Crippen molar-refractivity contribution in [2.24, 2.45) is 5.41 Å². The molecule has 8 heteroatoms. The molecule has 0 aromatic carbocycles. The topological polar surface area (TPSA) is 113 Å². The Morgan fingerprint density at radius 1 is 1.21 bits per heavy atom. The average Bonchev–Trinajstić information content (AvgIpc) is 2.35.